The maximum atomic E-state index is 13.2. The Labute approximate surface area is 214 Å². The number of benzene rings is 3. The van der Waals surface area contributed by atoms with Crippen molar-refractivity contribution in [3.63, 3.8) is 0 Å². The molecule has 1 heterocycles. The van der Waals surface area contributed by atoms with E-state index in [1.54, 1.807) is 36.4 Å². The van der Waals surface area contributed by atoms with Crippen LogP contribution in [-0.2, 0) is 20.8 Å². The van der Waals surface area contributed by atoms with Crippen molar-refractivity contribution >= 4 is 52.5 Å². The number of hydrogen-bond acceptors (Lipinski definition) is 5. The van der Waals surface area contributed by atoms with Crippen LogP contribution < -0.4 is 20.3 Å². The number of amides is 3. The largest absolute Gasteiger partial charge is 0.484 e. The fourth-order valence-corrected chi connectivity index (χ4v) is 3.86. The summed E-state index contributed by atoms with van der Waals surface area (Å²) in [5.41, 5.74) is 4.10. The van der Waals surface area contributed by atoms with E-state index >= 15 is 0 Å². The van der Waals surface area contributed by atoms with Gasteiger partial charge in [-0.1, -0.05) is 48.9 Å². The first kappa shape index (κ1) is 24.8. The second kappa shape index (κ2) is 11.0. The molecule has 2 N–H and O–H groups in total. The van der Waals surface area contributed by atoms with Crippen LogP contribution in [-0.4, -0.2) is 29.4 Å². The maximum absolute atomic E-state index is 13.2. The number of aryl methyl sites for hydroxylation is 2. The van der Waals surface area contributed by atoms with Crippen molar-refractivity contribution in [2.75, 3.05) is 16.8 Å². The fourth-order valence-electron chi connectivity index (χ4n) is 3.58. The zero-order valence-corrected chi connectivity index (χ0v) is 20.7. The molecule has 8 heteroatoms. The van der Waals surface area contributed by atoms with E-state index < -0.39 is 11.8 Å². The first-order chi connectivity index (χ1) is 17.3. The second-order valence-corrected chi connectivity index (χ2v) is 8.64. The average Bonchev–Trinajstić information content (AvgIpc) is 2.87. The minimum absolute atomic E-state index is 0.0330. The van der Waals surface area contributed by atoms with Gasteiger partial charge in [-0.25, -0.2) is 0 Å². The van der Waals surface area contributed by atoms with Gasteiger partial charge in [-0.2, -0.15) is 0 Å². The molecule has 4 rings (SSSR count). The Hall–Kier alpha value is -4.30. The molecule has 3 amide bonds. The Morgan fingerprint density at radius 3 is 2.31 bits per heavy atom. The van der Waals surface area contributed by atoms with E-state index in [-0.39, 0.29) is 23.2 Å². The number of nitrogens with one attached hydrogen (secondary N) is 2. The van der Waals surface area contributed by atoms with Crippen molar-refractivity contribution in [3.8, 4) is 5.75 Å². The lowest BCUT2D eigenvalue weighted by Gasteiger charge is -2.29. The molecule has 1 fully saturated rings. The molecule has 1 saturated heterocycles. The number of nitrogens with zero attached hydrogens (tertiary/aromatic N) is 1. The van der Waals surface area contributed by atoms with Gasteiger partial charge in [0, 0.05) is 5.69 Å². The van der Waals surface area contributed by atoms with Crippen LogP contribution in [0.25, 0.3) is 6.08 Å². The Morgan fingerprint density at radius 2 is 1.67 bits per heavy atom. The molecule has 0 aromatic heterocycles. The summed E-state index contributed by atoms with van der Waals surface area (Å²) in [5.74, 6) is -0.854. The lowest BCUT2D eigenvalue weighted by molar-refractivity contribution is -0.122. The van der Waals surface area contributed by atoms with Crippen LogP contribution in [0.5, 0.6) is 5.75 Å². The number of anilines is 2. The zero-order valence-electron chi connectivity index (χ0n) is 19.9. The molecule has 0 unspecified atom stereocenters. The van der Waals surface area contributed by atoms with E-state index in [2.05, 4.69) is 10.6 Å². The zero-order chi connectivity index (χ0) is 25.7. The molecule has 0 spiro atoms. The average molecular weight is 500 g/mol. The van der Waals surface area contributed by atoms with Crippen LogP contribution in [0.4, 0.5) is 11.4 Å². The number of thiocarbonyl (C=S) groups is 1. The van der Waals surface area contributed by atoms with Gasteiger partial charge in [0.1, 0.15) is 11.3 Å². The summed E-state index contributed by atoms with van der Waals surface area (Å²) in [4.78, 5) is 39.1. The molecule has 0 bridgehead atoms. The summed E-state index contributed by atoms with van der Waals surface area (Å²) >= 11 is 5.25. The number of carbonyl (C=O) groups excluding carboxylic acids is 3. The Kier molecular flexibility index (Phi) is 7.56. The van der Waals surface area contributed by atoms with Crippen LogP contribution >= 0.6 is 12.2 Å². The lowest BCUT2D eigenvalue weighted by atomic mass is 10.1. The molecule has 7 nitrogen and oxygen atoms in total. The quantitative estimate of drug-likeness (QED) is 0.286. The molecule has 0 aliphatic carbocycles. The first-order valence-electron chi connectivity index (χ1n) is 11.4. The number of hydrogen-bond donors (Lipinski definition) is 2. The van der Waals surface area contributed by atoms with Gasteiger partial charge in [0.05, 0.1) is 5.69 Å². The third-order valence-corrected chi connectivity index (χ3v) is 5.89. The molecular weight excluding hydrogens is 474 g/mol. The van der Waals surface area contributed by atoms with E-state index in [9.17, 15) is 14.4 Å². The highest BCUT2D eigenvalue weighted by Gasteiger charge is 2.34. The van der Waals surface area contributed by atoms with Crippen molar-refractivity contribution < 1.29 is 19.1 Å². The molecule has 182 valence electrons. The minimum atomic E-state index is -0.556. The minimum Gasteiger partial charge on any atom is -0.484 e. The standard InChI is InChI=1S/C28H25N3O4S/c1-3-19-6-12-22(13-7-19)31-27(34)24(26(33)30-28(31)36)16-20-8-14-23(15-9-20)35-17-25(32)29-21-10-4-18(2)5-11-21/h4-16H,3,17H2,1-2H3,(H,29,32)(H,30,33,36). The molecule has 36 heavy (non-hydrogen) atoms. The van der Waals surface area contributed by atoms with Crippen molar-refractivity contribution in [1.82, 2.24) is 5.32 Å². The van der Waals surface area contributed by atoms with E-state index in [0.29, 0.717) is 22.7 Å². The molecule has 1 aliphatic rings. The highest BCUT2D eigenvalue weighted by atomic mass is 32.1. The van der Waals surface area contributed by atoms with Gasteiger partial charge in [-0.05, 0) is 79.2 Å². The van der Waals surface area contributed by atoms with E-state index in [1.807, 2.05) is 50.2 Å². The highest BCUT2D eigenvalue weighted by Crippen LogP contribution is 2.23. The van der Waals surface area contributed by atoms with E-state index in [1.165, 1.54) is 11.0 Å². The Bertz CT molecular complexity index is 1330. The van der Waals surface area contributed by atoms with E-state index in [0.717, 1.165) is 17.5 Å². The number of carbonyl (C=O) groups is 3. The van der Waals surface area contributed by atoms with E-state index in [4.69, 9.17) is 17.0 Å². The van der Waals surface area contributed by atoms with Gasteiger partial charge in [-0.3, -0.25) is 24.6 Å². The summed E-state index contributed by atoms with van der Waals surface area (Å²) in [5, 5.41) is 5.40. The third kappa shape index (κ3) is 5.84. The molecule has 1 aliphatic heterocycles. The maximum Gasteiger partial charge on any atom is 0.270 e. The molecule has 3 aromatic rings. The van der Waals surface area contributed by atoms with Crippen molar-refractivity contribution in [1.29, 1.82) is 0 Å². The normalized spacial score (nSPS) is 14.6. The van der Waals surface area contributed by atoms with Crippen LogP contribution in [0.15, 0.2) is 78.4 Å². The topological polar surface area (TPSA) is 87.7 Å². The van der Waals surface area contributed by atoms with Crippen LogP contribution in [0.2, 0.25) is 0 Å². The van der Waals surface area contributed by atoms with Crippen molar-refractivity contribution in [2.24, 2.45) is 0 Å². The van der Waals surface area contributed by atoms with Crippen LogP contribution in [0.3, 0.4) is 0 Å². The summed E-state index contributed by atoms with van der Waals surface area (Å²) in [6, 6.07) is 21.7. The predicted molar refractivity (Wildman–Crippen MR) is 144 cm³/mol. The summed E-state index contributed by atoms with van der Waals surface area (Å²) in [7, 11) is 0. The van der Waals surface area contributed by atoms with Gasteiger partial charge in [0.2, 0.25) is 0 Å². The number of ether oxygens (including phenoxy) is 1. The van der Waals surface area contributed by atoms with Gasteiger partial charge >= 0.3 is 0 Å². The monoisotopic (exact) mass is 499 g/mol. The molecule has 0 atom stereocenters. The summed E-state index contributed by atoms with van der Waals surface area (Å²) in [6.07, 6.45) is 2.37. The van der Waals surface area contributed by atoms with Gasteiger partial charge in [0.15, 0.2) is 11.7 Å². The summed E-state index contributed by atoms with van der Waals surface area (Å²) < 4.78 is 5.55. The van der Waals surface area contributed by atoms with Gasteiger partial charge < -0.3 is 10.1 Å². The lowest BCUT2D eigenvalue weighted by Crippen LogP contribution is -2.54. The second-order valence-electron chi connectivity index (χ2n) is 8.25. The van der Waals surface area contributed by atoms with Crippen LogP contribution in [0, 0.1) is 6.92 Å². The smallest absolute Gasteiger partial charge is 0.270 e. The van der Waals surface area contributed by atoms with Gasteiger partial charge in [0.25, 0.3) is 17.7 Å². The number of rotatable bonds is 7. The first-order valence-corrected chi connectivity index (χ1v) is 11.8. The Balaban J connectivity index is 1.42. The van der Waals surface area contributed by atoms with Gasteiger partial charge in [-0.15, -0.1) is 0 Å². The highest BCUT2D eigenvalue weighted by molar-refractivity contribution is 7.80. The third-order valence-electron chi connectivity index (χ3n) is 5.60. The molecule has 0 saturated carbocycles. The summed E-state index contributed by atoms with van der Waals surface area (Å²) in [6.45, 7) is 3.86. The molecular formula is C28H25N3O4S. The predicted octanol–water partition coefficient (Wildman–Crippen LogP) is 4.41. The molecule has 3 aromatic carbocycles. The van der Waals surface area contributed by atoms with Crippen molar-refractivity contribution in [3.05, 3.63) is 95.1 Å². The van der Waals surface area contributed by atoms with Crippen molar-refractivity contribution in [2.45, 2.75) is 20.3 Å². The molecule has 0 radical (unpaired) electrons. The van der Waals surface area contributed by atoms with Crippen LogP contribution in [0.1, 0.15) is 23.6 Å². The SMILES string of the molecule is CCc1ccc(N2C(=O)C(=Cc3ccc(OCC(=O)Nc4ccc(C)cc4)cc3)C(=O)NC2=S)cc1. The fraction of sp³-hybridized carbons (Fsp3) is 0.143. The Morgan fingerprint density at radius 1 is 1.00 bits per heavy atom.